The summed E-state index contributed by atoms with van der Waals surface area (Å²) < 4.78 is 34.1. The monoisotopic (exact) mass is 272 g/mol. The predicted octanol–water partition coefficient (Wildman–Crippen LogP) is 2.43. The Morgan fingerprint density at radius 1 is 1.17 bits per heavy atom. The number of methoxy groups -OCH3 is 1. The molecule has 18 heavy (non-hydrogen) atoms. The van der Waals surface area contributed by atoms with Crippen LogP contribution in [0.1, 0.15) is 25.0 Å². The Bertz CT molecular complexity index is 518. The third-order valence-electron chi connectivity index (χ3n) is 2.88. The molecule has 0 unspecified atom stereocenters. The zero-order valence-electron chi connectivity index (χ0n) is 11.5. The molecule has 0 N–H and O–H groups in total. The van der Waals surface area contributed by atoms with E-state index in [-0.39, 0.29) is 11.5 Å². The molecule has 0 aromatic heterocycles. The van der Waals surface area contributed by atoms with Crippen molar-refractivity contribution in [2.45, 2.75) is 38.2 Å². The van der Waals surface area contributed by atoms with Gasteiger partial charge in [-0.1, -0.05) is 6.07 Å². The molecule has 0 saturated heterocycles. The first kappa shape index (κ1) is 15.1. The smallest absolute Gasteiger partial charge is 0.297 e. The van der Waals surface area contributed by atoms with E-state index in [9.17, 15) is 8.42 Å². The van der Waals surface area contributed by atoms with Crippen LogP contribution in [0, 0.1) is 13.8 Å². The summed E-state index contributed by atoms with van der Waals surface area (Å²) in [6, 6.07) is 4.94. The van der Waals surface area contributed by atoms with E-state index in [4.69, 9.17) is 8.92 Å². The third kappa shape index (κ3) is 3.80. The molecule has 1 rings (SSSR count). The summed E-state index contributed by atoms with van der Waals surface area (Å²) in [5, 5.41) is 0. The molecule has 0 aliphatic carbocycles. The summed E-state index contributed by atoms with van der Waals surface area (Å²) in [5.74, 6) is 0. The largest absolute Gasteiger partial charge is 0.376 e. The van der Waals surface area contributed by atoms with E-state index < -0.39 is 15.7 Å². The lowest BCUT2D eigenvalue weighted by atomic mass is 10.1. The van der Waals surface area contributed by atoms with Gasteiger partial charge in [0.1, 0.15) is 0 Å². The van der Waals surface area contributed by atoms with Gasteiger partial charge in [0.25, 0.3) is 10.1 Å². The fourth-order valence-electron chi connectivity index (χ4n) is 1.22. The molecular weight excluding hydrogens is 252 g/mol. The van der Waals surface area contributed by atoms with Crippen LogP contribution in [-0.2, 0) is 19.0 Å². The van der Waals surface area contributed by atoms with Crippen LogP contribution in [0.25, 0.3) is 0 Å². The SMILES string of the molecule is COC(C)(C)COS(=O)(=O)c1ccc(C)c(C)c1. The molecular formula is C13H20O4S. The summed E-state index contributed by atoms with van der Waals surface area (Å²) in [6.07, 6.45) is 0. The molecule has 102 valence electrons. The molecule has 0 amide bonds. The van der Waals surface area contributed by atoms with Crippen molar-refractivity contribution in [2.24, 2.45) is 0 Å². The molecule has 0 bridgehead atoms. The molecule has 0 aliphatic heterocycles. The van der Waals surface area contributed by atoms with E-state index in [2.05, 4.69) is 0 Å². The van der Waals surface area contributed by atoms with Crippen LogP contribution in [-0.4, -0.2) is 27.7 Å². The molecule has 0 aliphatic rings. The van der Waals surface area contributed by atoms with Crippen LogP contribution in [0.15, 0.2) is 23.1 Å². The highest BCUT2D eigenvalue weighted by Gasteiger charge is 2.23. The van der Waals surface area contributed by atoms with Gasteiger partial charge in [-0.25, -0.2) is 0 Å². The zero-order valence-corrected chi connectivity index (χ0v) is 12.3. The average Bonchev–Trinajstić information content (AvgIpc) is 2.30. The van der Waals surface area contributed by atoms with Gasteiger partial charge in [0.2, 0.25) is 0 Å². The van der Waals surface area contributed by atoms with Gasteiger partial charge < -0.3 is 4.74 Å². The van der Waals surface area contributed by atoms with Crippen LogP contribution >= 0.6 is 0 Å². The Balaban J connectivity index is 2.90. The van der Waals surface area contributed by atoms with Crippen molar-refractivity contribution >= 4 is 10.1 Å². The third-order valence-corrected chi connectivity index (χ3v) is 4.14. The minimum absolute atomic E-state index is 0.0151. The Hall–Kier alpha value is -0.910. The predicted molar refractivity (Wildman–Crippen MR) is 70.1 cm³/mol. The molecule has 0 atom stereocenters. The van der Waals surface area contributed by atoms with Gasteiger partial charge in [-0.3, -0.25) is 4.18 Å². The van der Waals surface area contributed by atoms with E-state index in [1.807, 2.05) is 13.8 Å². The number of hydrogen-bond donors (Lipinski definition) is 0. The lowest BCUT2D eigenvalue weighted by molar-refractivity contribution is -0.0130. The van der Waals surface area contributed by atoms with Gasteiger partial charge in [-0.15, -0.1) is 0 Å². The maximum atomic E-state index is 12.0. The highest BCUT2D eigenvalue weighted by molar-refractivity contribution is 7.86. The van der Waals surface area contributed by atoms with Gasteiger partial charge >= 0.3 is 0 Å². The second-order valence-corrected chi connectivity index (χ2v) is 6.54. The van der Waals surface area contributed by atoms with E-state index in [1.54, 1.807) is 32.0 Å². The van der Waals surface area contributed by atoms with Crippen molar-refractivity contribution < 1.29 is 17.3 Å². The summed E-state index contributed by atoms with van der Waals surface area (Å²) >= 11 is 0. The topological polar surface area (TPSA) is 52.6 Å². The molecule has 0 spiro atoms. The minimum Gasteiger partial charge on any atom is -0.376 e. The fraction of sp³-hybridized carbons (Fsp3) is 0.538. The number of hydrogen-bond acceptors (Lipinski definition) is 4. The van der Waals surface area contributed by atoms with Crippen LogP contribution in [0.2, 0.25) is 0 Å². The Morgan fingerprint density at radius 3 is 2.28 bits per heavy atom. The van der Waals surface area contributed by atoms with Gasteiger partial charge in [-0.05, 0) is 51.0 Å². The normalized spacial score (nSPS) is 12.7. The number of rotatable bonds is 5. The number of aryl methyl sites for hydroxylation is 2. The Labute approximate surface area is 109 Å². The summed E-state index contributed by atoms with van der Waals surface area (Å²) in [6.45, 7) is 7.32. The standard InChI is InChI=1S/C13H20O4S/c1-10-6-7-12(8-11(10)2)18(14,15)17-9-13(3,4)16-5/h6-8H,9H2,1-5H3. The molecule has 1 aromatic carbocycles. The van der Waals surface area contributed by atoms with E-state index >= 15 is 0 Å². The molecule has 0 radical (unpaired) electrons. The molecule has 1 aromatic rings. The quantitative estimate of drug-likeness (QED) is 0.773. The summed E-state index contributed by atoms with van der Waals surface area (Å²) in [5.41, 5.74) is 1.34. The van der Waals surface area contributed by atoms with Crippen molar-refractivity contribution in [1.82, 2.24) is 0 Å². The van der Waals surface area contributed by atoms with Crippen molar-refractivity contribution in [3.8, 4) is 0 Å². The highest BCUT2D eigenvalue weighted by atomic mass is 32.2. The highest BCUT2D eigenvalue weighted by Crippen LogP contribution is 2.19. The first-order chi connectivity index (χ1) is 8.18. The zero-order chi connectivity index (χ0) is 14.0. The second-order valence-electron chi connectivity index (χ2n) is 4.93. The Morgan fingerprint density at radius 2 is 1.78 bits per heavy atom. The maximum Gasteiger partial charge on any atom is 0.297 e. The van der Waals surface area contributed by atoms with Crippen molar-refractivity contribution in [3.63, 3.8) is 0 Å². The molecule has 0 fully saturated rings. The van der Waals surface area contributed by atoms with Crippen molar-refractivity contribution in [3.05, 3.63) is 29.3 Å². The first-order valence-corrected chi connectivity index (χ1v) is 7.11. The van der Waals surface area contributed by atoms with Crippen molar-refractivity contribution in [2.75, 3.05) is 13.7 Å². The number of ether oxygens (including phenoxy) is 1. The Kier molecular flexibility index (Phi) is 4.53. The van der Waals surface area contributed by atoms with E-state index in [0.29, 0.717) is 0 Å². The average molecular weight is 272 g/mol. The van der Waals surface area contributed by atoms with Crippen LogP contribution in [0.5, 0.6) is 0 Å². The number of benzene rings is 1. The van der Waals surface area contributed by atoms with E-state index in [1.165, 1.54) is 7.11 Å². The fourth-order valence-corrected chi connectivity index (χ4v) is 2.35. The minimum atomic E-state index is -3.72. The van der Waals surface area contributed by atoms with E-state index in [0.717, 1.165) is 11.1 Å². The summed E-state index contributed by atoms with van der Waals surface area (Å²) in [7, 11) is -2.20. The van der Waals surface area contributed by atoms with Crippen LogP contribution in [0.4, 0.5) is 0 Å². The molecule has 4 nitrogen and oxygen atoms in total. The lowest BCUT2D eigenvalue weighted by Gasteiger charge is -2.22. The molecule has 0 saturated carbocycles. The van der Waals surface area contributed by atoms with Crippen molar-refractivity contribution in [1.29, 1.82) is 0 Å². The molecule has 0 heterocycles. The van der Waals surface area contributed by atoms with Gasteiger partial charge in [0, 0.05) is 7.11 Å². The van der Waals surface area contributed by atoms with Crippen LogP contribution in [0.3, 0.4) is 0 Å². The first-order valence-electron chi connectivity index (χ1n) is 5.70. The lowest BCUT2D eigenvalue weighted by Crippen LogP contribution is -2.30. The summed E-state index contributed by atoms with van der Waals surface area (Å²) in [4.78, 5) is 0.178. The van der Waals surface area contributed by atoms with Gasteiger partial charge in [-0.2, -0.15) is 8.42 Å². The molecule has 5 heteroatoms. The maximum absolute atomic E-state index is 12.0. The van der Waals surface area contributed by atoms with Gasteiger partial charge in [0.05, 0.1) is 17.1 Å². The van der Waals surface area contributed by atoms with Gasteiger partial charge in [0.15, 0.2) is 0 Å². The van der Waals surface area contributed by atoms with Crippen LogP contribution < -0.4 is 0 Å². The second kappa shape index (κ2) is 5.38.